The second kappa shape index (κ2) is 11.4. The Morgan fingerprint density at radius 3 is 2.42 bits per heavy atom. The lowest BCUT2D eigenvalue weighted by Crippen LogP contribution is -2.39. The number of nitrogens with zero attached hydrogens (tertiary/aromatic N) is 2. The summed E-state index contributed by atoms with van der Waals surface area (Å²) in [5.74, 6) is 2.64. The Morgan fingerprint density at radius 1 is 1.19 bits per heavy atom. The first-order valence-electron chi connectivity index (χ1n) is 8.74. The third kappa shape index (κ3) is 6.79. The van der Waals surface area contributed by atoms with E-state index in [0.717, 1.165) is 41.9 Å². The van der Waals surface area contributed by atoms with Gasteiger partial charge in [-0.2, -0.15) is 0 Å². The van der Waals surface area contributed by atoms with Crippen molar-refractivity contribution in [3.63, 3.8) is 0 Å². The quantitative estimate of drug-likeness (QED) is 0.332. The highest BCUT2D eigenvalue weighted by Gasteiger charge is 2.11. The van der Waals surface area contributed by atoms with Crippen LogP contribution >= 0.6 is 35.6 Å². The molecule has 5 nitrogen and oxygen atoms in total. The summed E-state index contributed by atoms with van der Waals surface area (Å²) in [7, 11) is 0. The summed E-state index contributed by atoms with van der Waals surface area (Å²) in [6.07, 6.45) is 1.03. The van der Waals surface area contributed by atoms with Gasteiger partial charge in [-0.1, -0.05) is 30.7 Å². The van der Waals surface area contributed by atoms with Crippen molar-refractivity contribution in [2.75, 3.05) is 13.1 Å². The minimum Gasteiger partial charge on any atom is -0.444 e. The van der Waals surface area contributed by atoms with Crippen LogP contribution in [0.1, 0.15) is 49.1 Å². The maximum atomic E-state index is 5.98. The van der Waals surface area contributed by atoms with Gasteiger partial charge >= 0.3 is 0 Å². The molecule has 0 saturated heterocycles. The van der Waals surface area contributed by atoms with Crippen LogP contribution in [-0.2, 0) is 6.54 Å². The van der Waals surface area contributed by atoms with Crippen LogP contribution in [0.4, 0.5) is 0 Å². The van der Waals surface area contributed by atoms with Crippen LogP contribution in [0.5, 0.6) is 0 Å². The van der Waals surface area contributed by atoms with Crippen molar-refractivity contribution < 1.29 is 4.42 Å². The molecular weight excluding hydrogens is 463 g/mol. The fourth-order valence-electron chi connectivity index (χ4n) is 2.55. The van der Waals surface area contributed by atoms with E-state index in [4.69, 9.17) is 16.0 Å². The standard InChI is InChI=1S/C19H27ClN4O.HI/c1-5-15(16-7-9-17(20)10-8-16)11-22-19(21-6-2)23-12-18-24-13(3)14(4)25-18;/h7-10,15H,5-6,11-12H2,1-4H3,(H2,21,22,23);1H. The Balaban J connectivity index is 0.00000338. The van der Waals surface area contributed by atoms with Gasteiger partial charge in [-0.25, -0.2) is 9.98 Å². The third-order valence-electron chi connectivity index (χ3n) is 4.14. The van der Waals surface area contributed by atoms with Crippen LogP contribution in [0.15, 0.2) is 33.7 Å². The number of guanidine groups is 1. The largest absolute Gasteiger partial charge is 0.444 e. The maximum Gasteiger partial charge on any atom is 0.216 e. The van der Waals surface area contributed by atoms with Gasteiger partial charge in [0.2, 0.25) is 5.89 Å². The second-order valence-corrected chi connectivity index (χ2v) is 6.42. The summed E-state index contributed by atoms with van der Waals surface area (Å²) >= 11 is 5.98. The topological polar surface area (TPSA) is 62.5 Å². The van der Waals surface area contributed by atoms with Gasteiger partial charge in [-0.15, -0.1) is 24.0 Å². The van der Waals surface area contributed by atoms with Crippen LogP contribution in [0.3, 0.4) is 0 Å². The highest BCUT2D eigenvalue weighted by Crippen LogP contribution is 2.20. The summed E-state index contributed by atoms with van der Waals surface area (Å²) in [6.45, 7) is 10.1. The molecule has 0 radical (unpaired) electrons. The molecule has 26 heavy (non-hydrogen) atoms. The zero-order chi connectivity index (χ0) is 18.2. The zero-order valence-electron chi connectivity index (χ0n) is 15.8. The molecule has 1 atom stereocenters. The summed E-state index contributed by atoms with van der Waals surface area (Å²) in [5.41, 5.74) is 2.19. The van der Waals surface area contributed by atoms with E-state index in [9.17, 15) is 0 Å². The Bertz CT molecular complexity index is 681. The first-order chi connectivity index (χ1) is 12.0. The third-order valence-corrected chi connectivity index (χ3v) is 4.39. The predicted molar refractivity (Wildman–Crippen MR) is 119 cm³/mol. The zero-order valence-corrected chi connectivity index (χ0v) is 18.9. The summed E-state index contributed by atoms with van der Waals surface area (Å²) in [4.78, 5) is 8.94. The van der Waals surface area contributed by atoms with Gasteiger partial charge in [0.15, 0.2) is 5.96 Å². The van der Waals surface area contributed by atoms with Gasteiger partial charge in [0, 0.05) is 24.0 Å². The molecule has 1 aromatic carbocycles. The van der Waals surface area contributed by atoms with Gasteiger partial charge in [0.25, 0.3) is 0 Å². The Hall–Kier alpha value is -1.28. The Labute approximate surface area is 178 Å². The van der Waals surface area contributed by atoms with E-state index in [1.54, 1.807) is 0 Å². The summed E-state index contributed by atoms with van der Waals surface area (Å²) < 4.78 is 5.58. The lowest BCUT2D eigenvalue weighted by atomic mass is 9.96. The van der Waals surface area contributed by atoms with E-state index in [0.29, 0.717) is 18.4 Å². The second-order valence-electron chi connectivity index (χ2n) is 5.98. The number of hydrogen-bond acceptors (Lipinski definition) is 3. The number of oxazole rings is 1. The number of benzene rings is 1. The van der Waals surface area contributed by atoms with Crippen LogP contribution in [0.2, 0.25) is 5.02 Å². The lowest BCUT2D eigenvalue weighted by Gasteiger charge is -2.18. The number of nitrogens with one attached hydrogen (secondary N) is 2. The van der Waals surface area contributed by atoms with Gasteiger partial charge in [-0.3, -0.25) is 0 Å². The molecule has 0 amide bonds. The fourth-order valence-corrected chi connectivity index (χ4v) is 2.67. The minimum atomic E-state index is 0. The van der Waals surface area contributed by atoms with E-state index in [2.05, 4.69) is 39.7 Å². The van der Waals surface area contributed by atoms with Crippen molar-refractivity contribution in [3.8, 4) is 0 Å². The molecule has 0 bridgehead atoms. The van der Waals surface area contributed by atoms with Crippen molar-refractivity contribution in [2.24, 2.45) is 4.99 Å². The molecule has 2 aromatic rings. The normalized spacial score (nSPS) is 12.4. The first-order valence-corrected chi connectivity index (χ1v) is 9.11. The minimum absolute atomic E-state index is 0. The molecule has 0 aliphatic carbocycles. The van der Waals surface area contributed by atoms with Crippen LogP contribution in [-0.4, -0.2) is 24.0 Å². The van der Waals surface area contributed by atoms with Crippen LogP contribution < -0.4 is 10.6 Å². The molecule has 1 heterocycles. The van der Waals surface area contributed by atoms with E-state index < -0.39 is 0 Å². The van der Waals surface area contributed by atoms with Crippen molar-refractivity contribution in [3.05, 3.63) is 52.2 Å². The highest BCUT2D eigenvalue weighted by atomic mass is 127. The van der Waals surface area contributed by atoms with Crippen molar-refractivity contribution in [2.45, 2.75) is 46.6 Å². The Morgan fingerprint density at radius 2 is 1.88 bits per heavy atom. The van der Waals surface area contributed by atoms with Crippen LogP contribution in [0.25, 0.3) is 0 Å². The van der Waals surface area contributed by atoms with E-state index in [1.165, 1.54) is 5.56 Å². The molecule has 1 unspecified atom stereocenters. The first kappa shape index (κ1) is 22.8. The maximum absolute atomic E-state index is 5.98. The van der Waals surface area contributed by atoms with E-state index in [-0.39, 0.29) is 24.0 Å². The molecule has 1 aromatic heterocycles. The number of halogens is 2. The number of aliphatic imine (C=N–C) groups is 1. The molecule has 0 saturated carbocycles. The lowest BCUT2D eigenvalue weighted by molar-refractivity contribution is 0.472. The molecule has 0 spiro atoms. The van der Waals surface area contributed by atoms with Gasteiger partial charge in [-0.05, 0) is 44.9 Å². The van der Waals surface area contributed by atoms with Crippen molar-refractivity contribution >= 4 is 41.5 Å². The van der Waals surface area contributed by atoms with Crippen molar-refractivity contribution in [1.29, 1.82) is 0 Å². The smallest absolute Gasteiger partial charge is 0.216 e. The predicted octanol–water partition coefficient (Wildman–Crippen LogP) is 4.81. The number of rotatable bonds is 7. The molecule has 0 fully saturated rings. The fraction of sp³-hybridized carbons (Fsp3) is 0.474. The monoisotopic (exact) mass is 490 g/mol. The van der Waals surface area contributed by atoms with Crippen LogP contribution in [0, 0.1) is 13.8 Å². The summed E-state index contributed by atoms with van der Waals surface area (Å²) in [6, 6.07) is 8.04. The Kier molecular flexibility index (Phi) is 10.0. The molecule has 2 N–H and O–H groups in total. The van der Waals surface area contributed by atoms with Crippen molar-refractivity contribution in [1.82, 2.24) is 15.6 Å². The molecule has 2 rings (SSSR count). The number of aryl methyl sites for hydroxylation is 2. The molecule has 0 aliphatic heterocycles. The van der Waals surface area contributed by atoms with E-state index in [1.807, 2.05) is 32.9 Å². The number of aromatic nitrogens is 1. The average Bonchev–Trinajstić information content (AvgIpc) is 2.92. The molecular formula is C19H28ClIN4O. The number of hydrogen-bond donors (Lipinski definition) is 2. The summed E-state index contributed by atoms with van der Waals surface area (Å²) in [5, 5.41) is 7.44. The molecule has 144 valence electrons. The van der Waals surface area contributed by atoms with Gasteiger partial charge in [0.05, 0.1) is 5.69 Å². The average molecular weight is 491 g/mol. The molecule has 7 heteroatoms. The highest BCUT2D eigenvalue weighted by molar-refractivity contribution is 14.0. The molecule has 0 aliphatic rings. The van der Waals surface area contributed by atoms with Gasteiger partial charge < -0.3 is 15.1 Å². The SMILES string of the molecule is CCNC(=NCc1nc(C)c(C)o1)NCC(CC)c1ccc(Cl)cc1.I. The van der Waals surface area contributed by atoms with Gasteiger partial charge in [0.1, 0.15) is 12.3 Å². The van der Waals surface area contributed by atoms with E-state index >= 15 is 0 Å².